The summed E-state index contributed by atoms with van der Waals surface area (Å²) in [4.78, 5) is 3.98. The van der Waals surface area contributed by atoms with Crippen molar-refractivity contribution in [2.24, 2.45) is 5.73 Å². The van der Waals surface area contributed by atoms with Gasteiger partial charge in [-0.1, -0.05) is 11.2 Å². The Morgan fingerprint density at radius 2 is 2.28 bits per heavy atom. The van der Waals surface area contributed by atoms with Crippen LogP contribution in [0.15, 0.2) is 22.7 Å². The van der Waals surface area contributed by atoms with Gasteiger partial charge in [-0.25, -0.2) is 4.39 Å². The van der Waals surface area contributed by atoms with Crippen LogP contribution in [0.25, 0.3) is 0 Å². The number of aryl methyl sites for hydroxylation is 1. The van der Waals surface area contributed by atoms with Gasteiger partial charge >= 0.3 is 0 Å². The van der Waals surface area contributed by atoms with Crippen LogP contribution in [0.1, 0.15) is 30.2 Å². The Hall–Kier alpha value is -1.95. The van der Waals surface area contributed by atoms with Gasteiger partial charge in [-0.05, 0) is 19.9 Å². The van der Waals surface area contributed by atoms with E-state index in [1.807, 2.05) is 0 Å². The lowest BCUT2D eigenvalue weighted by Gasteiger charge is -2.09. The molecule has 0 saturated heterocycles. The number of halogens is 1. The van der Waals surface area contributed by atoms with E-state index in [0.29, 0.717) is 23.0 Å². The molecule has 0 aliphatic carbocycles. The van der Waals surface area contributed by atoms with Crippen molar-refractivity contribution in [3.8, 4) is 5.75 Å². The number of aromatic nitrogens is 2. The standard InChI is InChI=1S/C12H14FN3O2/c1-7(14)10-4-3-9(5-11(10)13)17-6-12-15-8(2)16-18-12/h3-5,7H,6,14H2,1-2H3. The average Bonchev–Trinajstić information content (AvgIpc) is 2.72. The number of nitrogens with zero attached hydrogens (tertiary/aromatic N) is 2. The summed E-state index contributed by atoms with van der Waals surface area (Å²) in [6.07, 6.45) is 0. The second-order valence-electron chi connectivity index (χ2n) is 4.00. The predicted octanol–water partition coefficient (Wildman–Crippen LogP) is 2.12. The van der Waals surface area contributed by atoms with Gasteiger partial charge in [0.05, 0.1) is 0 Å². The van der Waals surface area contributed by atoms with Gasteiger partial charge in [0.15, 0.2) is 12.4 Å². The molecule has 1 heterocycles. The van der Waals surface area contributed by atoms with Crippen molar-refractivity contribution in [1.29, 1.82) is 0 Å². The van der Waals surface area contributed by atoms with E-state index in [2.05, 4.69) is 10.1 Å². The maximum Gasteiger partial charge on any atom is 0.264 e. The van der Waals surface area contributed by atoms with Crippen molar-refractivity contribution in [2.75, 3.05) is 0 Å². The van der Waals surface area contributed by atoms with Crippen LogP contribution in [0.2, 0.25) is 0 Å². The van der Waals surface area contributed by atoms with Crippen LogP contribution in [0.5, 0.6) is 5.75 Å². The number of hydrogen-bond donors (Lipinski definition) is 1. The van der Waals surface area contributed by atoms with Gasteiger partial charge in [0, 0.05) is 17.7 Å². The van der Waals surface area contributed by atoms with E-state index in [0.717, 1.165) is 0 Å². The van der Waals surface area contributed by atoms with Crippen LogP contribution in [0.4, 0.5) is 4.39 Å². The minimum Gasteiger partial charge on any atom is -0.484 e. The van der Waals surface area contributed by atoms with Gasteiger partial charge < -0.3 is 15.0 Å². The summed E-state index contributed by atoms with van der Waals surface area (Å²) in [5.74, 6) is 0.897. The van der Waals surface area contributed by atoms with Crippen LogP contribution < -0.4 is 10.5 Å². The van der Waals surface area contributed by atoms with Crippen molar-refractivity contribution in [1.82, 2.24) is 10.1 Å². The molecule has 18 heavy (non-hydrogen) atoms. The third kappa shape index (κ3) is 2.84. The molecular weight excluding hydrogens is 237 g/mol. The average molecular weight is 251 g/mol. The molecule has 0 bridgehead atoms. The molecule has 0 radical (unpaired) electrons. The Balaban J connectivity index is 2.04. The quantitative estimate of drug-likeness (QED) is 0.900. The zero-order chi connectivity index (χ0) is 13.1. The summed E-state index contributed by atoms with van der Waals surface area (Å²) in [5.41, 5.74) is 6.07. The Labute approximate surface area is 104 Å². The highest BCUT2D eigenvalue weighted by atomic mass is 19.1. The van der Waals surface area contributed by atoms with Crippen LogP contribution in [-0.2, 0) is 6.61 Å². The molecule has 2 N–H and O–H groups in total. The van der Waals surface area contributed by atoms with E-state index in [-0.39, 0.29) is 18.5 Å². The zero-order valence-electron chi connectivity index (χ0n) is 10.2. The lowest BCUT2D eigenvalue weighted by Crippen LogP contribution is -2.07. The molecule has 6 heteroatoms. The molecule has 0 saturated carbocycles. The highest BCUT2D eigenvalue weighted by Gasteiger charge is 2.09. The number of nitrogens with two attached hydrogens (primary N) is 1. The first kappa shape index (κ1) is 12.5. The monoisotopic (exact) mass is 251 g/mol. The van der Waals surface area contributed by atoms with Gasteiger partial charge in [0.25, 0.3) is 5.89 Å². The van der Waals surface area contributed by atoms with Crippen molar-refractivity contribution >= 4 is 0 Å². The number of benzene rings is 1. The minimum absolute atomic E-state index is 0.109. The zero-order valence-corrected chi connectivity index (χ0v) is 10.2. The molecule has 1 aromatic heterocycles. The van der Waals surface area contributed by atoms with Gasteiger partial charge in [0.2, 0.25) is 0 Å². The first-order valence-electron chi connectivity index (χ1n) is 5.53. The number of ether oxygens (including phenoxy) is 1. The first-order chi connectivity index (χ1) is 8.56. The molecule has 1 atom stereocenters. The molecule has 2 aromatic rings. The third-order valence-corrected chi connectivity index (χ3v) is 2.39. The molecule has 2 rings (SSSR count). The van der Waals surface area contributed by atoms with Crippen molar-refractivity contribution < 1.29 is 13.7 Å². The van der Waals surface area contributed by atoms with Gasteiger partial charge in [-0.3, -0.25) is 0 Å². The van der Waals surface area contributed by atoms with Crippen molar-refractivity contribution in [2.45, 2.75) is 26.5 Å². The normalized spacial score (nSPS) is 12.4. The summed E-state index contributed by atoms with van der Waals surface area (Å²) in [6.45, 7) is 3.54. The maximum absolute atomic E-state index is 13.6. The molecular formula is C12H14FN3O2. The highest BCUT2D eigenvalue weighted by molar-refractivity contribution is 5.30. The van der Waals surface area contributed by atoms with E-state index in [4.69, 9.17) is 15.0 Å². The molecule has 5 nitrogen and oxygen atoms in total. The molecule has 0 aliphatic heterocycles. The van der Waals surface area contributed by atoms with Crippen molar-refractivity contribution in [3.05, 3.63) is 41.3 Å². The summed E-state index contributed by atoms with van der Waals surface area (Å²) < 4.78 is 23.8. The summed E-state index contributed by atoms with van der Waals surface area (Å²) in [5, 5.41) is 3.63. The molecule has 0 amide bonds. The first-order valence-corrected chi connectivity index (χ1v) is 5.53. The SMILES string of the molecule is Cc1noc(COc2ccc(C(C)N)c(F)c2)n1. The Morgan fingerprint density at radius 1 is 1.50 bits per heavy atom. The van der Waals surface area contributed by atoms with Gasteiger partial charge in [-0.15, -0.1) is 0 Å². The minimum atomic E-state index is -0.385. The Morgan fingerprint density at radius 3 is 2.83 bits per heavy atom. The molecule has 0 aliphatic rings. The topological polar surface area (TPSA) is 74.2 Å². The van der Waals surface area contributed by atoms with Crippen LogP contribution in [0.3, 0.4) is 0 Å². The molecule has 1 aromatic carbocycles. The second-order valence-corrected chi connectivity index (χ2v) is 4.00. The Bertz CT molecular complexity index is 540. The summed E-state index contributed by atoms with van der Waals surface area (Å²) in [7, 11) is 0. The fourth-order valence-electron chi connectivity index (χ4n) is 1.51. The molecule has 96 valence electrons. The van der Waals surface area contributed by atoms with Gasteiger partial charge in [-0.2, -0.15) is 4.98 Å². The highest BCUT2D eigenvalue weighted by Crippen LogP contribution is 2.21. The molecule has 0 spiro atoms. The van der Waals surface area contributed by atoms with E-state index in [1.54, 1.807) is 26.0 Å². The summed E-state index contributed by atoms with van der Waals surface area (Å²) in [6, 6.07) is 4.21. The fourth-order valence-corrected chi connectivity index (χ4v) is 1.51. The van der Waals surface area contributed by atoms with E-state index >= 15 is 0 Å². The predicted molar refractivity (Wildman–Crippen MR) is 62.4 cm³/mol. The summed E-state index contributed by atoms with van der Waals surface area (Å²) >= 11 is 0. The Kier molecular flexibility index (Phi) is 3.57. The van der Waals surface area contributed by atoms with E-state index < -0.39 is 0 Å². The molecule has 1 unspecified atom stereocenters. The number of hydrogen-bond acceptors (Lipinski definition) is 5. The number of rotatable bonds is 4. The van der Waals surface area contributed by atoms with Crippen molar-refractivity contribution in [3.63, 3.8) is 0 Å². The van der Waals surface area contributed by atoms with Gasteiger partial charge in [0.1, 0.15) is 11.6 Å². The van der Waals surface area contributed by atoms with Crippen LogP contribution in [0, 0.1) is 12.7 Å². The smallest absolute Gasteiger partial charge is 0.264 e. The van der Waals surface area contributed by atoms with Crippen LogP contribution >= 0.6 is 0 Å². The third-order valence-electron chi connectivity index (χ3n) is 2.39. The van der Waals surface area contributed by atoms with E-state index in [1.165, 1.54) is 6.07 Å². The van der Waals surface area contributed by atoms with Crippen LogP contribution in [-0.4, -0.2) is 10.1 Å². The lowest BCUT2D eigenvalue weighted by atomic mass is 10.1. The van der Waals surface area contributed by atoms with E-state index in [9.17, 15) is 4.39 Å². The largest absolute Gasteiger partial charge is 0.484 e. The second kappa shape index (κ2) is 5.14. The lowest BCUT2D eigenvalue weighted by molar-refractivity contribution is 0.241. The maximum atomic E-state index is 13.6. The molecule has 0 fully saturated rings. The fraction of sp³-hybridized carbons (Fsp3) is 0.333.